The lowest BCUT2D eigenvalue weighted by molar-refractivity contribution is -0.138. The monoisotopic (exact) mass is 346 g/mol. The van der Waals surface area contributed by atoms with E-state index >= 15 is 0 Å². The molecule has 1 aliphatic rings. The lowest BCUT2D eigenvalue weighted by Gasteiger charge is -2.23. The number of carbonyl (C=O) groups excluding carboxylic acids is 3. The largest absolute Gasteiger partial charge is 0.480 e. The number of nitrogens with one attached hydrogen (secondary N) is 1. The second kappa shape index (κ2) is 7.92. The van der Waals surface area contributed by atoms with Crippen LogP contribution in [0.5, 0.6) is 0 Å². The van der Waals surface area contributed by atoms with E-state index in [9.17, 15) is 19.2 Å². The number of hydrogen-bond acceptors (Lipinski definition) is 4. The Morgan fingerprint density at radius 1 is 1.24 bits per heavy atom. The van der Waals surface area contributed by atoms with Crippen molar-refractivity contribution in [3.05, 3.63) is 35.4 Å². The minimum Gasteiger partial charge on any atom is -0.480 e. The average molecular weight is 346 g/mol. The third-order valence-electron chi connectivity index (χ3n) is 3.95. The van der Waals surface area contributed by atoms with Gasteiger partial charge in [0.1, 0.15) is 6.54 Å². The molecule has 1 aromatic carbocycles. The van der Waals surface area contributed by atoms with Gasteiger partial charge >= 0.3 is 5.97 Å². The van der Waals surface area contributed by atoms with E-state index in [1.807, 2.05) is 13.8 Å². The summed E-state index contributed by atoms with van der Waals surface area (Å²) in [6, 6.07) is 6.72. The van der Waals surface area contributed by atoms with Gasteiger partial charge in [0.15, 0.2) is 0 Å². The number of benzene rings is 1. The van der Waals surface area contributed by atoms with Crippen LogP contribution in [0.25, 0.3) is 0 Å². The van der Waals surface area contributed by atoms with E-state index in [1.54, 1.807) is 24.3 Å². The third-order valence-corrected chi connectivity index (χ3v) is 3.95. The number of amides is 3. The number of hydrogen-bond donors (Lipinski definition) is 2. The van der Waals surface area contributed by atoms with Crippen LogP contribution in [0.1, 0.15) is 36.2 Å². The maximum Gasteiger partial charge on any atom is 0.323 e. The number of rotatable bonds is 7. The number of carboxylic acids is 1. The first kappa shape index (κ1) is 18.6. The van der Waals surface area contributed by atoms with Crippen molar-refractivity contribution in [1.29, 1.82) is 0 Å². The lowest BCUT2D eigenvalue weighted by atomic mass is 9.97. The molecule has 7 heteroatoms. The second-order valence-electron chi connectivity index (χ2n) is 6.69. The van der Waals surface area contributed by atoms with Crippen LogP contribution in [0, 0.1) is 11.8 Å². The highest BCUT2D eigenvalue weighted by molar-refractivity contribution is 6.03. The molecule has 0 spiro atoms. The fourth-order valence-electron chi connectivity index (χ4n) is 2.85. The van der Waals surface area contributed by atoms with Crippen LogP contribution >= 0.6 is 0 Å². The SMILES string of the molecule is CC(C)CN(CC(=O)O)C(=O)c1ccc(CC2CC(=O)NC2=O)cc1. The highest BCUT2D eigenvalue weighted by atomic mass is 16.4. The normalized spacial score (nSPS) is 16.8. The number of carboxylic acid groups (broad SMARTS) is 1. The Balaban J connectivity index is 2.06. The minimum atomic E-state index is -1.05. The fourth-order valence-corrected chi connectivity index (χ4v) is 2.85. The fraction of sp³-hybridized carbons (Fsp3) is 0.444. The molecule has 2 N–H and O–H groups in total. The number of carbonyl (C=O) groups is 4. The summed E-state index contributed by atoms with van der Waals surface area (Å²) in [6.45, 7) is 3.85. The van der Waals surface area contributed by atoms with Gasteiger partial charge in [-0.25, -0.2) is 0 Å². The van der Waals surface area contributed by atoms with Gasteiger partial charge in [-0.05, 0) is 30.0 Å². The average Bonchev–Trinajstić information content (AvgIpc) is 2.83. The van der Waals surface area contributed by atoms with Crippen LogP contribution in [0.3, 0.4) is 0 Å². The van der Waals surface area contributed by atoms with Gasteiger partial charge in [0.2, 0.25) is 11.8 Å². The molecule has 2 rings (SSSR count). The minimum absolute atomic E-state index is 0.154. The van der Waals surface area contributed by atoms with Crippen LogP contribution < -0.4 is 5.32 Å². The summed E-state index contributed by atoms with van der Waals surface area (Å²) in [4.78, 5) is 47.6. The van der Waals surface area contributed by atoms with Crippen LogP contribution in [0.2, 0.25) is 0 Å². The molecule has 1 saturated heterocycles. The molecule has 0 aliphatic carbocycles. The standard InChI is InChI=1S/C18H22N2O5/c1-11(2)9-20(10-16(22)23)18(25)13-5-3-12(4-6-13)7-14-8-15(21)19-17(14)24/h3-6,11,14H,7-10H2,1-2H3,(H,22,23)(H,19,21,24). The molecule has 1 heterocycles. The van der Waals surface area contributed by atoms with Crippen molar-refractivity contribution in [3.63, 3.8) is 0 Å². The Labute approximate surface area is 146 Å². The Bertz CT molecular complexity index is 681. The van der Waals surface area contributed by atoms with Gasteiger partial charge in [-0.15, -0.1) is 0 Å². The lowest BCUT2D eigenvalue weighted by Crippen LogP contribution is -2.38. The van der Waals surface area contributed by atoms with Crippen molar-refractivity contribution in [2.75, 3.05) is 13.1 Å². The molecule has 0 radical (unpaired) electrons. The zero-order valence-electron chi connectivity index (χ0n) is 14.3. The van der Waals surface area contributed by atoms with E-state index < -0.39 is 5.97 Å². The van der Waals surface area contributed by atoms with E-state index in [2.05, 4.69) is 5.32 Å². The van der Waals surface area contributed by atoms with Gasteiger partial charge in [0.05, 0.1) is 5.92 Å². The first-order valence-corrected chi connectivity index (χ1v) is 8.20. The van der Waals surface area contributed by atoms with Crippen LogP contribution in [-0.4, -0.2) is 46.8 Å². The maximum atomic E-state index is 12.5. The Morgan fingerprint density at radius 2 is 1.88 bits per heavy atom. The summed E-state index contributed by atoms with van der Waals surface area (Å²) in [5.74, 6) is -2.15. The number of nitrogens with zero attached hydrogens (tertiary/aromatic N) is 1. The predicted molar refractivity (Wildman–Crippen MR) is 89.8 cm³/mol. The van der Waals surface area contributed by atoms with Crippen molar-refractivity contribution in [3.8, 4) is 0 Å². The Morgan fingerprint density at radius 3 is 2.36 bits per heavy atom. The van der Waals surface area contributed by atoms with Crippen LogP contribution in [0.15, 0.2) is 24.3 Å². The highest BCUT2D eigenvalue weighted by Gasteiger charge is 2.30. The topological polar surface area (TPSA) is 104 Å². The molecule has 3 amide bonds. The van der Waals surface area contributed by atoms with Gasteiger partial charge in [-0.3, -0.25) is 24.5 Å². The molecule has 0 aromatic heterocycles. The smallest absolute Gasteiger partial charge is 0.323 e. The van der Waals surface area contributed by atoms with Crippen molar-refractivity contribution in [1.82, 2.24) is 10.2 Å². The molecule has 0 bridgehead atoms. The molecular weight excluding hydrogens is 324 g/mol. The van der Waals surface area contributed by atoms with E-state index in [4.69, 9.17) is 5.11 Å². The Hall–Kier alpha value is -2.70. The summed E-state index contributed by atoms with van der Waals surface area (Å²) in [5, 5.41) is 11.3. The molecule has 1 atom stereocenters. The summed E-state index contributed by atoms with van der Waals surface area (Å²) < 4.78 is 0. The molecular formula is C18H22N2O5. The first-order chi connectivity index (χ1) is 11.8. The van der Waals surface area contributed by atoms with Crippen molar-refractivity contribution in [2.24, 2.45) is 11.8 Å². The molecule has 0 saturated carbocycles. The quantitative estimate of drug-likeness (QED) is 0.719. The number of imide groups is 1. The summed E-state index contributed by atoms with van der Waals surface area (Å²) in [7, 11) is 0. The summed E-state index contributed by atoms with van der Waals surface area (Å²) in [6.07, 6.45) is 0.608. The third kappa shape index (κ3) is 5.14. The number of aliphatic carboxylic acids is 1. The van der Waals surface area contributed by atoms with E-state index in [1.165, 1.54) is 4.90 Å². The maximum absolute atomic E-state index is 12.5. The van der Waals surface area contributed by atoms with Crippen molar-refractivity contribution < 1.29 is 24.3 Å². The van der Waals surface area contributed by atoms with Crippen LogP contribution in [0.4, 0.5) is 0 Å². The van der Waals surface area contributed by atoms with E-state index in [0.29, 0.717) is 18.5 Å². The second-order valence-corrected chi connectivity index (χ2v) is 6.69. The van der Waals surface area contributed by atoms with E-state index in [0.717, 1.165) is 5.56 Å². The summed E-state index contributed by atoms with van der Waals surface area (Å²) in [5.41, 5.74) is 1.25. The predicted octanol–water partition coefficient (Wildman–Crippen LogP) is 1.07. The van der Waals surface area contributed by atoms with E-state index in [-0.39, 0.29) is 42.5 Å². The molecule has 1 fully saturated rings. The molecule has 7 nitrogen and oxygen atoms in total. The molecule has 1 aliphatic heterocycles. The van der Waals surface area contributed by atoms with Crippen molar-refractivity contribution in [2.45, 2.75) is 26.7 Å². The van der Waals surface area contributed by atoms with Gasteiger partial charge < -0.3 is 10.0 Å². The van der Waals surface area contributed by atoms with Crippen LogP contribution in [-0.2, 0) is 20.8 Å². The molecule has 1 unspecified atom stereocenters. The molecule has 25 heavy (non-hydrogen) atoms. The molecule has 1 aromatic rings. The van der Waals surface area contributed by atoms with Crippen molar-refractivity contribution >= 4 is 23.7 Å². The Kier molecular flexibility index (Phi) is 5.90. The first-order valence-electron chi connectivity index (χ1n) is 8.20. The molecule has 134 valence electrons. The van der Waals surface area contributed by atoms with Gasteiger partial charge in [-0.1, -0.05) is 26.0 Å². The van der Waals surface area contributed by atoms with Gasteiger partial charge in [-0.2, -0.15) is 0 Å². The zero-order valence-corrected chi connectivity index (χ0v) is 14.3. The van der Waals surface area contributed by atoms with Gasteiger partial charge in [0, 0.05) is 18.5 Å². The zero-order chi connectivity index (χ0) is 18.6. The summed E-state index contributed by atoms with van der Waals surface area (Å²) >= 11 is 0. The highest BCUT2D eigenvalue weighted by Crippen LogP contribution is 2.18. The van der Waals surface area contributed by atoms with Gasteiger partial charge in [0.25, 0.3) is 5.91 Å².